The molecule has 0 fully saturated rings. The lowest BCUT2D eigenvalue weighted by Gasteiger charge is -2.12. The second-order valence-electron chi connectivity index (χ2n) is 6.80. The molecule has 0 atom stereocenters. The SMILES string of the molecule is Cn1c(=O)c2cc(C(=O)c3cc(F)ccc3O)cnc2n(Cc2ccccc2)c1=O. The number of aromatic hydroxyl groups is 1. The first-order chi connectivity index (χ1) is 14.4. The number of carbonyl (C=O) groups excluding carboxylic acids is 1. The van der Waals surface area contributed by atoms with E-state index in [1.165, 1.54) is 23.9 Å². The fourth-order valence-electron chi connectivity index (χ4n) is 3.25. The van der Waals surface area contributed by atoms with E-state index in [1.54, 1.807) is 0 Å². The minimum Gasteiger partial charge on any atom is -0.507 e. The number of fused-ring (bicyclic) bond motifs is 1. The van der Waals surface area contributed by atoms with Crippen LogP contribution in [-0.2, 0) is 13.6 Å². The van der Waals surface area contributed by atoms with Crippen molar-refractivity contribution in [3.63, 3.8) is 0 Å². The molecule has 4 rings (SSSR count). The number of nitrogens with zero attached hydrogens (tertiary/aromatic N) is 3. The fraction of sp³-hybridized carbons (Fsp3) is 0.0909. The normalized spacial score (nSPS) is 11.0. The molecule has 30 heavy (non-hydrogen) atoms. The second kappa shape index (κ2) is 7.40. The maximum atomic E-state index is 13.5. The Morgan fingerprint density at radius 3 is 2.57 bits per heavy atom. The third kappa shape index (κ3) is 3.28. The van der Waals surface area contributed by atoms with Gasteiger partial charge in [-0.05, 0) is 29.8 Å². The van der Waals surface area contributed by atoms with Crippen molar-refractivity contribution in [2.24, 2.45) is 7.05 Å². The number of benzene rings is 2. The highest BCUT2D eigenvalue weighted by molar-refractivity contribution is 6.11. The van der Waals surface area contributed by atoms with Gasteiger partial charge in [0, 0.05) is 18.8 Å². The average Bonchev–Trinajstić information content (AvgIpc) is 2.76. The molecule has 7 nitrogen and oxygen atoms in total. The number of ketones is 1. The van der Waals surface area contributed by atoms with Gasteiger partial charge in [0.2, 0.25) is 0 Å². The van der Waals surface area contributed by atoms with Crippen molar-refractivity contribution in [2.45, 2.75) is 6.54 Å². The number of phenolic OH excluding ortho intramolecular Hbond substituents is 1. The van der Waals surface area contributed by atoms with Crippen molar-refractivity contribution in [3.05, 3.63) is 104 Å². The van der Waals surface area contributed by atoms with E-state index in [1.807, 2.05) is 30.3 Å². The molecule has 0 spiro atoms. The van der Waals surface area contributed by atoms with E-state index >= 15 is 0 Å². The van der Waals surface area contributed by atoms with Crippen LogP contribution >= 0.6 is 0 Å². The van der Waals surface area contributed by atoms with Crippen LogP contribution in [0.5, 0.6) is 5.75 Å². The van der Waals surface area contributed by atoms with Crippen LogP contribution in [0, 0.1) is 5.82 Å². The molecule has 2 aromatic carbocycles. The summed E-state index contributed by atoms with van der Waals surface area (Å²) in [7, 11) is 1.35. The van der Waals surface area contributed by atoms with Crippen molar-refractivity contribution >= 4 is 16.8 Å². The van der Waals surface area contributed by atoms with Gasteiger partial charge in [-0.25, -0.2) is 14.2 Å². The van der Waals surface area contributed by atoms with Gasteiger partial charge in [-0.1, -0.05) is 30.3 Å². The van der Waals surface area contributed by atoms with Crippen LogP contribution in [0.15, 0.2) is 70.4 Å². The van der Waals surface area contributed by atoms with Gasteiger partial charge in [-0.2, -0.15) is 0 Å². The van der Waals surface area contributed by atoms with Crippen LogP contribution in [0.2, 0.25) is 0 Å². The maximum absolute atomic E-state index is 13.5. The van der Waals surface area contributed by atoms with E-state index in [2.05, 4.69) is 4.98 Å². The van der Waals surface area contributed by atoms with E-state index in [9.17, 15) is 23.9 Å². The fourth-order valence-corrected chi connectivity index (χ4v) is 3.25. The molecule has 0 bridgehead atoms. The lowest BCUT2D eigenvalue weighted by molar-refractivity contribution is 0.103. The molecule has 0 amide bonds. The molecule has 0 unspecified atom stereocenters. The highest BCUT2D eigenvalue weighted by atomic mass is 19.1. The molecule has 0 radical (unpaired) electrons. The topological polar surface area (TPSA) is 94.2 Å². The van der Waals surface area contributed by atoms with Gasteiger partial charge in [0.05, 0.1) is 17.5 Å². The Bertz CT molecular complexity index is 1410. The molecule has 2 heterocycles. The van der Waals surface area contributed by atoms with Gasteiger partial charge < -0.3 is 5.11 Å². The van der Waals surface area contributed by atoms with Crippen molar-refractivity contribution in [1.29, 1.82) is 0 Å². The molecular formula is C22H16FN3O4. The van der Waals surface area contributed by atoms with Gasteiger partial charge >= 0.3 is 5.69 Å². The van der Waals surface area contributed by atoms with Crippen LogP contribution in [0.4, 0.5) is 4.39 Å². The Morgan fingerprint density at radius 1 is 1.10 bits per heavy atom. The molecule has 0 aliphatic heterocycles. The van der Waals surface area contributed by atoms with Crippen LogP contribution in [0.25, 0.3) is 11.0 Å². The van der Waals surface area contributed by atoms with Crippen LogP contribution in [-0.4, -0.2) is 25.0 Å². The Labute approximate surface area is 169 Å². The third-order valence-corrected chi connectivity index (χ3v) is 4.82. The number of hydrogen-bond acceptors (Lipinski definition) is 5. The summed E-state index contributed by atoms with van der Waals surface area (Å²) in [6.45, 7) is 0.190. The first kappa shape index (κ1) is 19.3. The Balaban J connectivity index is 1.89. The predicted molar refractivity (Wildman–Crippen MR) is 108 cm³/mol. The minimum atomic E-state index is -0.690. The molecule has 8 heteroatoms. The number of rotatable bonds is 4. The summed E-state index contributed by atoms with van der Waals surface area (Å²) < 4.78 is 15.8. The Kier molecular flexibility index (Phi) is 4.75. The zero-order valence-corrected chi connectivity index (χ0v) is 15.9. The van der Waals surface area contributed by atoms with Crippen molar-refractivity contribution in [3.8, 4) is 5.75 Å². The second-order valence-corrected chi connectivity index (χ2v) is 6.80. The number of pyridine rings is 1. The summed E-state index contributed by atoms with van der Waals surface area (Å²) in [4.78, 5) is 42.3. The van der Waals surface area contributed by atoms with Crippen LogP contribution in [0.3, 0.4) is 0 Å². The zero-order chi connectivity index (χ0) is 21.4. The third-order valence-electron chi connectivity index (χ3n) is 4.82. The lowest BCUT2D eigenvalue weighted by Crippen LogP contribution is -2.38. The molecule has 150 valence electrons. The van der Waals surface area contributed by atoms with Crippen molar-refractivity contribution in [2.75, 3.05) is 0 Å². The van der Waals surface area contributed by atoms with E-state index in [-0.39, 0.29) is 34.5 Å². The predicted octanol–water partition coefficient (Wildman–Crippen LogP) is 2.22. The van der Waals surface area contributed by atoms with Crippen molar-refractivity contribution < 1.29 is 14.3 Å². The van der Waals surface area contributed by atoms with Gasteiger partial charge in [-0.3, -0.25) is 18.7 Å². The summed E-state index contributed by atoms with van der Waals surface area (Å²) in [6.07, 6.45) is 1.20. The number of carbonyl (C=O) groups is 1. The first-order valence-electron chi connectivity index (χ1n) is 9.03. The van der Waals surface area contributed by atoms with E-state index in [0.29, 0.717) is 0 Å². The number of hydrogen-bond donors (Lipinski definition) is 1. The van der Waals surface area contributed by atoms with E-state index in [0.717, 1.165) is 28.3 Å². The number of halogens is 1. The summed E-state index contributed by atoms with van der Waals surface area (Å²) in [6, 6.07) is 13.5. The van der Waals surface area contributed by atoms with Gasteiger partial charge in [-0.15, -0.1) is 0 Å². The van der Waals surface area contributed by atoms with Gasteiger partial charge in [0.15, 0.2) is 5.78 Å². The average molecular weight is 405 g/mol. The van der Waals surface area contributed by atoms with Crippen LogP contribution < -0.4 is 11.2 Å². The highest BCUT2D eigenvalue weighted by Gasteiger charge is 2.19. The van der Waals surface area contributed by atoms with E-state index in [4.69, 9.17) is 0 Å². The highest BCUT2D eigenvalue weighted by Crippen LogP contribution is 2.22. The number of aromatic nitrogens is 3. The van der Waals surface area contributed by atoms with Gasteiger partial charge in [0.1, 0.15) is 17.2 Å². The van der Waals surface area contributed by atoms with Gasteiger partial charge in [0.25, 0.3) is 5.56 Å². The zero-order valence-electron chi connectivity index (χ0n) is 15.9. The molecule has 0 aliphatic carbocycles. The first-order valence-corrected chi connectivity index (χ1v) is 9.03. The minimum absolute atomic E-state index is 0.00888. The van der Waals surface area contributed by atoms with Crippen LogP contribution in [0.1, 0.15) is 21.5 Å². The largest absolute Gasteiger partial charge is 0.507 e. The Hall–Kier alpha value is -4.07. The monoisotopic (exact) mass is 405 g/mol. The summed E-state index contributed by atoms with van der Waals surface area (Å²) in [5, 5.41) is 9.97. The summed E-state index contributed by atoms with van der Waals surface area (Å²) in [5.41, 5.74) is -0.426. The molecule has 0 aliphatic rings. The summed E-state index contributed by atoms with van der Waals surface area (Å²) in [5.74, 6) is -1.76. The maximum Gasteiger partial charge on any atom is 0.332 e. The standard InChI is InChI=1S/C22H16FN3O4/c1-25-21(29)17-9-14(19(28)16-10-15(23)7-8-18(16)27)11-24-20(17)26(22(25)30)12-13-5-3-2-4-6-13/h2-11,27H,12H2,1H3. The molecule has 0 saturated carbocycles. The molecule has 1 N–H and O–H groups in total. The molecular weight excluding hydrogens is 389 g/mol. The Morgan fingerprint density at radius 2 is 1.83 bits per heavy atom. The smallest absolute Gasteiger partial charge is 0.332 e. The lowest BCUT2D eigenvalue weighted by atomic mass is 10.0. The molecule has 4 aromatic rings. The molecule has 0 saturated heterocycles. The summed E-state index contributed by atoms with van der Waals surface area (Å²) >= 11 is 0. The molecule has 2 aromatic heterocycles. The van der Waals surface area contributed by atoms with Crippen molar-refractivity contribution in [1.82, 2.24) is 14.1 Å². The number of phenols is 1. The van der Waals surface area contributed by atoms with E-state index < -0.39 is 22.8 Å². The quantitative estimate of drug-likeness (QED) is 0.526.